The van der Waals surface area contributed by atoms with Crippen LogP contribution in [-0.2, 0) is 0 Å². The van der Waals surface area contributed by atoms with Gasteiger partial charge in [0.1, 0.15) is 32.8 Å². The van der Waals surface area contributed by atoms with Crippen LogP contribution in [0.15, 0.2) is 82.0 Å². The number of ketones is 4. The predicted molar refractivity (Wildman–Crippen MR) is 146 cm³/mol. The summed E-state index contributed by atoms with van der Waals surface area (Å²) < 4.78 is 38.2. The van der Waals surface area contributed by atoms with Crippen LogP contribution in [0.25, 0.3) is 21.5 Å². The van der Waals surface area contributed by atoms with Gasteiger partial charge in [0.15, 0.2) is 21.5 Å². The number of benzene rings is 2. The summed E-state index contributed by atoms with van der Waals surface area (Å²) in [4.78, 5) is 58.3. The highest BCUT2D eigenvalue weighted by Gasteiger charge is 2.37. The van der Waals surface area contributed by atoms with E-state index in [0.717, 1.165) is 28.7 Å². The lowest BCUT2D eigenvalue weighted by atomic mass is 9.91. The second kappa shape index (κ2) is 9.72. The van der Waals surface area contributed by atoms with Crippen molar-refractivity contribution in [2.24, 2.45) is 0 Å². The molecule has 2 aromatic carbocycles. The van der Waals surface area contributed by atoms with Crippen LogP contribution >= 0.6 is 22.7 Å². The Bertz CT molecular complexity index is 1940. The zero-order valence-corrected chi connectivity index (χ0v) is 22.5. The third-order valence-corrected chi connectivity index (χ3v) is 8.67. The van der Waals surface area contributed by atoms with E-state index in [0.29, 0.717) is 21.5 Å². The first-order chi connectivity index (χ1) is 20.3. The zero-order chi connectivity index (χ0) is 29.1. The van der Waals surface area contributed by atoms with Crippen molar-refractivity contribution in [3.63, 3.8) is 0 Å². The molecule has 0 fully saturated rings. The molecule has 4 aromatic heterocycles. The number of carbonyl (C=O) groups excluding carboxylic acids is 4. The van der Waals surface area contributed by atoms with E-state index in [-0.39, 0.29) is 49.2 Å². The van der Waals surface area contributed by atoms with Crippen molar-refractivity contribution in [1.29, 1.82) is 0 Å². The maximum absolute atomic E-state index is 13.9. The van der Waals surface area contributed by atoms with Gasteiger partial charge in [-0.1, -0.05) is 24.3 Å². The fourth-order valence-corrected chi connectivity index (χ4v) is 6.60. The topological polar surface area (TPSA) is 120 Å². The lowest BCUT2D eigenvalue weighted by molar-refractivity contribution is 0.0975. The average Bonchev–Trinajstić information content (AvgIpc) is 3.80. The molecule has 0 saturated heterocycles. The highest BCUT2D eigenvalue weighted by atomic mass is 32.1. The first-order valence-corrected chi connectivity index (χ1v) is 13.8. The molecule has 2 aliphatic carbocycles. The summed E-state index contributed by atoms with van der Waals surface area (Å²) in [7, 11) is 0. The van der Waals surface area contributed by atoms with Crippen molar-refractivity contribution >= 4 is 45.8 Å². The van der Waals surface area contributed by atoms with Gasteiger partial charge in [0.05, 0.1) is 23.7 Å². The number of hydrogen-bond donors (Lipinski definition) is 0. The minimum atomic E-state index is -0.705. The van der Waals surface area contributed by atoms with E-state index in [4.69, 9.17) is 8.83 Å². The van der Waals surface area contributed by atoms with Gasteiger partial charge in [-0.25, -0.2) is 18.7 Å². The lowest BCUT2D eigenvalue weighted by Crippen LogP contribution is -2.21. The molecule has 6 aromatic rings. The quantitative estimate of drug-likeness (QED) is 0.217. The molecule has 0 saturated carbocycles. The molecule has 0 N–H and O–H groups in total. The van der Waals surface area contributed by atoms with Gasteiger partial charge in [-0.2, -0.15) is 0 Å². The molecule has 12 heteroatoms. The average molecular weight is 599 g/mol. The molecule has 42 heavy (non-hydrogen) atoms. The SMILES string of the molecule is O=C1c2cccc(F)c2C(=O)c2nc(-c3ccco3)sc21.O=C1c2cccc(F)c2C(=O)c2sc(-c3ccco3)nc21. The lowest BCUT2D eigenvalue weighted by Gasteiger charge is -2.12. The zero-order valence-electron chi connectivity index (χ0n) is 20.8. The van der Waals surface area contributed by atoms with Crippen molar-refractivity contribution < 1.29 is 36.8 Å². The smallest absolute Gasteiger partial charge is 0.216 e. The van der Waals surface area contributed by atoms with Gasteiger partial charge < -0.3 is 8.83 Å². The van der Waals surface area contributed by atoms with Gasteiger partial charge in [0.25, 0.3) is 0 Å². The summed E-state index contributed by atoms with van der Waals surface area (Å²) in [5, 5.41) is 0.861. The fourth-order valence-electron chi connectivity index (χ4n) is 4.64. The van der Waals surface area contributed by atoms with E-state index in [9.17, 15) is 28.0 Å². The normalized spacial score (nSPS) is 13.2. The molecule has 0 atom stereocenters. The molecule has 0 spiro atoms. The predicted octanol–water partition coefficient (Wildman–Crippen LogP) is 6.64. The van der Waals surface area contributed by atoms with Crippen molar-refractivity contribution in [2.45, 2.75) is 0 Å². The number of nitrogens with zero attached hydrogens (tertiary/aromatic N) is 2. The van der Waals surface area contributed by atoms with Gasteiger partial charge in [0, 0.05) is 11.1 Å². The Morgan fingerprint density at radius 2 is 1.02 bits per heavy atom. The molecule has 0 unspecified atom stereocenters. The number of carbonyl (C=O) groups is 4. The molecule has 0 aliphatic heterocycles. The monoisotopic (exact) mass is 598 g/mol. The second-order valence-electron chi connectivity index (χ2n) is 8.99. The fraction of sp³-hybridized carbons (Fsp3) is 0. The Morgan fingerprint density at radius 3 is 1.55 bits per heavy atom. The van der Waals surface area contributed by atoms with Gasteiger partial charge in [-0.3, -0.25) is 19.2 Å². The molecule has 0 bridgehead atoms. The number of thiazole rings is 2. The van der Waals surface area contributed by atoms with Crippen LogP contribution in [0.4, 0.5) is 8.78 Å². The summed E-state index contributed by atoms with van der Waals surface area (Å²) in [5.41, 5.74) is -0.176. The van der Waals surface area contributed by atoms with E-state index >= 15 is 0 Å². The van der Waals surface area contributed by atoms with E-state index in [1.54, 1.807) is 24.3 Å². The molecule has 0 radical (unpaired) electrons. The van der Waals surface area contributed by atoms with Crippen molar-refractivity contribution in [1.82, 2.24) is 9.97 Å². The molecular weight excluding hydrogens is 586 g/mol. The summed E-state index contributed by atoms with van der Waals surface area (Å²) in [6, 6.07) is 14.8. The Morgan fingerprint density at radius 1 is 0.548 bits per heavy atom. The van der Waals surface area contributed by atoms with Crippen molar-refractivity contribution in [3.05, 3.63) is 128 Å². The summed E-state index contributed by atoms with van der Waals surface area (Å²) >= 11 is 2.11. The number of rotatable bonds is 2. The minimum absolute atomic E-state index is 0.00556. The van der Waals surface area contributed by atoms with Crippen LogP contribution in [0.3, 0.4) is 0 Å². The largest absolute Gasteiger partial charge is 0.462 e. The second-order valence-corrected chi connectivity index (χ2v) is 11.0. The molecule has 2 aliphatic rings. The summed E-state index contributed by atoms with van der Waals surface area (Å²) in [6.45, 7) is 0. The number of aromatic nitrogens is 2. The van der Waals surface area contributed by atoms with Gasteiger partial charge in [-0.15, -0.1) is 22.7 Å². The standard InChI is InChI=1S/2C15H6FNO3S/c16-8-4-1-3-7-10(8)13(19)11-14(12(7)18)21-15(17-11)9-5-2-6-20-9;16-8-4-1-3-7-10(8)13(19)14-11(12(7)18)17-15(21-14)9-5-2-6-20-9/h2*1-6H. The third-order valence-electron chi connectivity index (χ3n) is 6.53. The van der Waals surface area contributed by atoms with Crippen LogP contribution in [0.1, 0.15) is 62.6 Å². The first-order valence-electron chi connectivity index (χ1n) is 12.2. The number of halogens is 2. The highest BCUT2D eigenvalue weighted by molar-refractivity contribution is 7.18. The summed E-state index contributed by atoms with van der Waals surface area (Å²) in [5.74, 6) is -2.34. The number of furan rings is 2. The maximum atomic E-state index is 13.9. The molecule has 0 amide bonds. The van der Waals surface area contributed by atoms with Crippen molar-refractivity contribution in [3.8, 4) is 21.5 Å². The Labute approximate surface area is 241 Å². The van der Waals surface area contributed by atoms with E-state index < -0.39 is 29.0 Å². The first kappa shape index (κ1) is 25.7. The van der Waals surface area contributed by atoms with Gasteiger partial charge >= 0.3 is 0 Å². The summed E-state index contributed by atoms with van der Waals surface area (Å²) in [6.07, 6.45) is 2.96. The Kier molecular flexibility index (Phi) is 5.96. The van der Waals surface area contributed by atoms with E-state index in [1.807, 2.05) is 0 Å². The van der Waals surface area contributed by atoms with Crippen LogP contribution in [-0.4, -0.2) is 33.1 Å². The Hall–Kier alpha value is -5.20. The third kappa shape index (κ3) is 3.91. The van der Waals surface area contributed by atoms with Gasteiger partial charge in [0.2, 0.25) is 23.1 Å². The molecular formula is C30H12F2N2O6S2. The minimum Gasteiger partial charge on any atom is -0.462 e. The van der Waals surface area contributed by atoms with Crippen LogP contribution in [0.5, 0.6) is 0 Å². The van der Waals surface area contributed by atoms with Crippen LogP contribution < -0.4 is 0 Å². The Balaban J connectivity index is 0.000000137. The molecule has 8 nitrogen and oxygen atoms in total. The maximum Gasteiger partial charge on any atom is 0.216 e. The van der Waals surface area contributed by atoms with Crippen LogP contribution in [0.2, 0.25) is 0 Å². The van der Waals surface area contributed by atoms with Gasteiger partial charge in [-0.05, 0) is 36.4 Å². The highest BCUT2D eigenvalue weighted by Crippen LogP contribution is 2.37. The molecule has 204 valence electrons. The molecule has 8 rings (SSSR count). The number of fused-ring (bicyclic) bond motifs is 4. The van der Waals surface area contributed by atoms with E-state index in [2.05, 4.69) is 9.97 Å². The van der Waals surface area contributed by atoms with E-state index in [1.165, 1.54) is 42.9 Å². The number of hydrogen-bond acceptors (Lipinski definition) is 10. The van der Waals surface area contributed by atoms with Crippen LogP contribution in [0, 0.1) is 11.6 Å². The molecule has 4 heterocycles. The van der Waals surface area contributed by atoms with Crippen molar-refractivity contribution in [2.75, 3.05) is 0 Å².